The molecule has 1 aromatic heterocycles. The smallest absolute Gasteiger partial charge is 0.295 e. The summed E-state index contributed by atoms with van der Waals surface area (Å²) in [7, 11) is 0. The number of likely N-dealkylation sites (tertiary alicyclic amines) is 1. The molecule has 0 bridgehead atoms. The number of Topliss-reactive ketones (excluding diaryl/α,β-unsaturated/α-hetero) is 1. The Balaban J connectivity index is 2.07. The van der Waals surface area contributed by atoms with Gasteiger partial charge in [-0.2, -0.15) is 0 Å². The lowest BCUT2D eigenvalue weighted by Crippen LogP contribution is -2.30. The maximum absolute atomic E-state index is 12.8. The number of rotatable bonds is 7. The van der Waals surface area contributed by atoms with Crippen LogP contribution in [0.3, 0.4) is 0 Å². The monoisotopic (exact) mass is 394 g/mol. The van der Waals surface area contributed by atoms with Crippen LogP contribution >= 0.6 is 0 Å². The van der Waals surface area contributed by atoms with Crippen molar-refractivity contribution in [3.05, 3.63) is 65.5 Å². The average molecular weight is 394 g/mol. The number of ketones is 1. The molecule has 1 aliphatic heterocycles. The first-order valence-corrected chi connectivity index (χ1v) is 9.85. The Kier molecular flexibility index (Phi) is 6.32. The molecule has 1 amide bonds. The van der Waals surface area contributed by atoms with E-state index in [1.807, 2.05) is 20.8 Å². The zero-order chi connectivity index (χ0) is 21.0. The Bertz CT molecular complexity index is 921. The Morgan fingerprint density at radius 2 is 1.93 bits per heavy atom. The number of carbonyl (C=O) groups is 2. The van der Waals surface area contributed by atoms with Crippen LogP contribution in [0.15, 0.2) is 54.4 Å². The van der Waals surface area contributed by atoms with Crippen LogP contribution in [0.2, 0.25) is 0 Å². The predicted octanol–water partition coefficient (Wildman–Crippen LogP) is 3.95. The standard InChI is InChI=1S/C23H26N2O4/c1-4-12-25-20(16-8-10-24-11-9-16)19(22(27)23(25)28)21(26)17-6-5-7-18(13-17)29-14-15(2)3/h5-11,13,15,20,26H,4,12,14H2,1-3H3/b21-19-. The van der Waals surface area contributed by atoms with Crippen LogP contribution in [0, 0.1) is 5.92 Å². The highest BCUT2D eigenvalue weighted by molar-refractivity contribution is 6.46. The SMILES string of the molecule is CCCN1C(=O)C(=O)/C(=C(\O)c2cccc(OCC(C)C)c2)C1c1ccncc1. The summed E-state index contributed by atoms with van der Waals surface area (Å²) >= 11 is 0. The molecule has 1 aromatic carbocycles. The van der Waals surface area contributed by atoms with Gasteiger partial charge in [0.15, 0.2) is 0 Å². The molecular weight excluding hydrogens is 368 g/mol. The van der Waals surface area contributed by atoms with Crippen molar-refractivity contribution in [2.24, 2.45) is 5.92 Å². The van der Waals surface area contributed by atoms with Gasteiger partial charge in [-0.3, -0.25) is 14.6 Å². The van der Waals surface area contributed by atoms with Crippen molar-refractivity contribution in [2.45, 2.75) is 33.2 Å². The second-order valence-electron chi connectivity index (χ2n) is 7.51. The number of ether oxygens (including phenoxy) is 1. The fourth-order valence-corrected chi connectivity index (χ4v) is 3.40. The Morgan fingerprint density at radius 3 is 2.59 bits per heavy atom. The first-order chi connectivity index (χ1) is 13.9. The van der Waals surface area contributed by atoms with E-state index >= 15 is 0 Å². The van der Waals surface area contributed by atoms with Crippen molar-refractivity contribution in [3.8, 4) is 5.75 Å². The molecule has 1 aliphatic rings. The van der Waals surface area contributed by atoms with Crippen molar-refractivity contribution < 1.29 is 19.4 Å². The Hall–Kier alpha value is -3.15. The highest BCUT2D eigenvalue weighted by Gasteiger charge is 2.45. The van der Waals surface area contributed by atoms with E-state index in [-0.39, 0.29) is 11.3 Å². The van der Waals surface area contributed by atoms with Gasteiger partial charge in [0.1, 0.15) is 11.5 Å². The first-order valence-electron chi connectivity index (χ1n) is 9.85. The first kappa shape index (κ1) is 20.6. The molecule has 1 N–H and O–H groups in total. The summed E-state index contributed by atoms with van der Waals surface area (Å²) in [6.45, 7) is 7.01. The number of hydrogen-bond donors (Lipinski definition) is 1. The van der Waals surface area contributed by atoms with Crippen LogP contribution in [-0.2, 0) is 9.59 Å². The number of aliphatic hydroxyl groups excluding tert-OH is 1. The summed E-state index contributed by atoms with van der Waals surface area (Å²) in [6, 6.07) is 9.83. The van der Waals surface area contributed by atoms with Crippen LogP contribution in [0.1, 0.15) is 44.4 Å². The summed E-state index contributed by atoms with van der Waals surface area (Å²) in [5.41, 5.74) is 1.27. The molecule has 2 heterocycles. The van der Waals surface area contributed by atoms with Gasteiger partial charge in [-0.25, -0.2) is 0 Å². The molecule has 6 nitrogen and oxygen atoms in total. The highest BCUT2D eigenvalue weighted by Crippen LogP contribution is 2.39. The Morgan fingerprint density at radius 1 is 1.21 bits per heavy atom. The fourth-order valence-electron chi connectivity index (χ4n) is 3.40. The minimum absolute atomic E-state index is 0.0932. The number of carbonyl (C=O) groups excluding carboxylic acids is 2. The lowest BCUT2D eigenvalue weighted by atomic mass is 9.96. The maximum Gasteiger partial charge on any atom is 0.295 e. The zero-order valence-electron chi connectivity index (χ0n) is 17.0. The number of aliphatic hydroxyl groups is 1. The summed E-state index contributed by atoms with van der Waals surface area (Å²) in [4.78, 5) is 31.0. The molecule has 6 heteroatoms. The molecule has 29 heavy (non-hydrogen) atoms. The van der Waals surface area contributed by atoms with Crippen LogP contribution in [-0.4, -0.2) is 39.8 Å². The zero-order valence-corrected chi connectivity index (χ0v) is 17.0. The highest BCUT2D eigenvalue weighted by atomic mass is 16.5. The molecule has 0 spiro atoms. The average Bonchev–Trinajstić information content (AvgIpc) is 2.98. The summed E-state index contributed by atoms with van der Waals surface area (Å²) in [5, 5.41) is 11.0. The normalized spacial score (nSPS) is 18.5. The molecule has 3 rings (SSSR count). The van der Waals surface area contributed by atoms with E-state index in [0.29, 0.717) is 36.8 Å². The summed E-state index contributed by atoms with van der Waals surface area (Å²) in [5.74, 6) is -0.503. The lowest BCUT2D eigenvalue weighted by Gasteiger charge is -2.24. The second kappa shape index (κ2) is 8.90. The molecule has 1 atom stereocenters. The molecular formula is C23H26N2O4. The van der Waals surface area contributed by atoms with Crippen molar-refractivity contribution in [3.63, 3.8) is 0 Å². The van der Waals surface area contributed by atoms with Crippen molar-refractivity contribution in [2.75, 3.05) is 13.2 Å². The minimum atomic E-state index is -0.675. The van der Waals surface area contributed by atoms with Gasteiger partial charge < -0.3 is 14.7 Å². The summed E-state index contributed by atoms with van der Waals surface area (Å²) in [6.07, 6.45) is 3.93. The molecule has 152 valence electrons. The van der Waals surface area contributed by atoms with E-state index in [4.69, 9.17) is 4.74 Å². The third-order valence-corrected chi connectivity index (χ3v) is 4.72. The van der Waals surface area contributed by atoms with Crippen molar-refractivity contribution in [1.29, 1.82) is 0 Å². The maximum atomic E-state index is 12.8. The third-order valence-electron chi connectivity index (χ3n) is 4.72. The van der Waals surface area contributed by atoms with Gasteiger partial charge in [0.25, 0.3) is 11.7 Å². The van der Waals surface area contributed by atoms with E-state index in [0.717, 1.165) is 5.56 Å². The number of benzene rings is 1. The number of amides is 1. The summed E-state index contributed by atoms with van der Waals surface area (Å²) < 4.78 is 5.74. The van der Waals surface area contributed by atoms with Gasteiger partial charge >= 0.3 is 0 Å². The molecule has 0 saturated carbocycles. The van der Waals surface area contributed by atoms with E-state index in [2.05, 4.69) is 4.98 Å². The van der Waals surface area contributed by atoms with Gasteiger partial charge in [0.05, 0.1) is 18.2 Å². The van der Waals surface area contributed by atoms with Crippen molar-refractivity contribution >= 4 is 17.4 Å². The van der Waals surface area contributed by atoms with E-state index in [1.165, 1.54) is 4.90 Å². The van der Waals surface area contributed by atoms with Gasteiger partial charge in [-0.15, -0.1) is 0 Å². The van der Waals surface area contributed by atoms with E-state index < -0.39 is 17.7 Å². The molecule has 1 saturated heterocycles. The van der Waals surface area contributed by atoms with E-state index in [1.54, 1.807) is 48.8 Å². The molecule has 0 radical (unpaired) electrons. The predicted molar refractivity (Wildman–Crippen MR) is 110 cm³/mol. The Labute approximate surface area is 170 Å². The molecule has 1 fully saturated rings. The number of hydrogen-bond acceptors (Lipinski definition) is 5. The largest absolute Gasteiger partial charge is 0.507 e. The van der Waals surface area contributed by atoms with E-state index in [9.17, 15) is 14.7 Å². The van der Waals surface area contributed by atoms with Gasteiger partial charge in [0, 0.05) is 24.5 Å². The van der Waals surface area contributed by atoms with Crippen LogP contribution in [0.25, 0.3) is 5.76 Å². The number of aromatic nitrogens is 1. The topological polar surface area (TPSA) is 79.7 Å². The molecule has 2 aromatic rings. The van der Waals surface area contributed by atoms with Crippen molar-refractivity contribution in [1.82, 2.24) is 9.88 Å². The number of pyridine rings is 1. The minimum Gasteiger partial charge on any atom is -0.507 e. The third kappa shape index (κ3) is 4.31. The van der Waals surface area contributed by atoms with Gasteiger partial charge in [0.2, 0.25) is 0 Å². The molecule has 1 unspecified atom stereocenters. The van der Waals surface area contributed by atoms with Gasteiger partial charge in [-0.1, -0.05) is 32.9 Å². The molecule has 0 aliphatic carbocycles. The van der Waals surface area contributed by atoms with Crippen LogP contribution in [0.4, 0.5) is 0 Å². The lowest BCUT2D eigenvalue weighted by molar-refractivity contribution is -0.139. The quantitative estimate of drug-likeness (QED) is 0.437. The fraction of sp³-hybridized carbons (Fsp3) is 0.348. The van der Waals surface area contributed by atoms with Crippen LogP contribution < -0.4 is 4.74 Å². The second-order valence-corrected chi connectivity index (χ2v) is 7.51. The van der Waals surface area contributed by atoms with Gasteiger partial charge in [-0.05, 0) is 42.2 Å². The van der Waals surface area contributed by atoms with Crippen LogP contribution in [0.5, 0.6) is 5.75 Å². The number of nitrogens with zero attached hydrogens (tertiary/aromatic N) is 2.